The lowest BCUT2D eigenvalue weighted by Gasteiger charge is -2.02. The van der Waals surface area contributed by atoms with E-state index < -0.39 is 0 Å². The van der Waals surface area contributed by atoms with Crippen molar-refractivity contribution in [3.63, 3.8) is 0 Å². The van der Waals surface area contributed by atoms with Crippen LogP contribution in [0.1, 0.15) is 5.56 Å². The molecule has 0 fully saturated rings. The molecule has 0 aliphatic carbocycles. The molecule has 0 N–H and O–H groups in total. The standard InChI is InChI=1S/C12H9BrN2/c1-8-2-3-9-4-5-15-11(13)7-14-12(15)10(9)6-8/h2-7H,1H3. The zero-order valence-corrected chi connectivity index (χ0v) is 9.82. The van der Waals surface area contributed by atoms with Crippen molar-refractivity contribution in [2.45, 2.75) is 6.92 Å². The average Bonchev–Trinajstić information content (AvgIpc) is 2.61. The Kier molecular flexibility index (Phi) is 1.83. The number of fused-ring (bicyclic) bond motifs is 3. The van der Waals surface area contributed by atoms with E-state index >= 15 is 0 Å². The normalized spacial score (nSPS) is 11.3. The number of pyridine rings is 1. The maximum atomic E-state index is 4.40. The molecule has 0 atom stereocenters. The lowest BCUT2D eigenvalue weighted by molar-refractivity contribution is 1.17. The number of aromatic nitrogens is 2. The topological polar surface area (TPSA) is 17.3 Å². The van der Waals surface area contributed by atoms with Crippen molar-refractivity contribution in [1.29, 1.82) is 0 Å². The average molecular weight is 261 g/mol. The van der Waals surface area contributed by atoms with Crippen molar-refractivity contribution in [2.24, 2.45) is 0 Å². The maximum Gasteiger partial charge on any atom is 0.145 e. The van der Waals surface area contributed by atoms with Gasteiger partial charge in [0.05, 0.1) is 6.20 Å². The Morgan fingerprint density at radius 3 is 3.00 bits per heavy atom. The minimum Gasteiger partial charge on any atom is -0.294 e. The van der Waals surface area contributed by atoms with Crippen molar-refractivity contribution in [2.75, 3.05) is 0 Å². The molecule has 0 amide bonds. The Morgan fingerprint density at radius 2 is 2.13 bits per heavy atom. The molecule has 1 aromatic carbocycles. The number of hydrogen-bond donors (Lipinski definition) is 0. The maximum absolute atomic E-state index is 4.40. The second-order valence-corrected chi connectivity index (χ2v) is 4.49. The molecular formula is C12H9BrN2. The molecule has 2 nitrogen and oxygen atoms in total. The summed E-state index contributed by atoms with van der Waals surface area (Å²) in [6.45, 7) is 2.10. The van der Waals surface area contributed by atoms with Crippen LogP contribution in [0, 0.1) is 6.92 Å². The van der Waals surface area contributed by atoms with Crippen LogP contribution in [-0.2, 0) is 0 Å². The molecule has 3 rings (SSSR count). The van der Waals surface area contributed by atoms with Crippen molar-refractivity contribution in [3.8, 4) is 0 Å². The van der Waals surface area contributed by atoms with E-state index in [1.165, 1.54) is 16.3 Å². The molecule has 0 saturated carbocycles. The van der Waals surface area contributed by atoms with Crippen LogP contribution < -0.4 is 0 Å². The van der Waals surface area contributed by atoms with E-state index in [0.717, 1.165) is 10.3 Å². The molecule has 2 aromatic heterocycles. The Labute approximate surface area is 95.7 Å². The van der Waals surface area contributed by atoms with Gasteiger partial charge in [-0.05, 0) is 40.4 Å². The van der Waals surface area contributed by atoms with Gasteiger partial charge in [0.2, 0.25) is 0 Å². The monoisotopic (exact) mass is 260 g/mol. The molecule has 0 unspecified atom stereocenters. The summed E-state index contributed by atoms with van der Waals surface area (Å²) in [5.41, 5.74) is 2.26. The zero-order chi connectivity index (χ0) is 10.4. The van der Waals surface area contributed by atoms with Gasteiger partial charge >= 0.3 is 0 Å². The number of hydrogen-bond acceptors (Lipinski definition) is 1. The van der Waals surface area contributed by atoms with E-state index in [9.17, 15) is 0 Å². The third kappa shape index (κ3) is 1.27. The molecule has 74 valence electrons. The summed E-state index contributed by atoms with van der Waals surface area (Å²) in [4.78, 5) is 4.40. The third-order valence-electron chi connectivity index (χ3n) is 2.60. The van der Waals surface area contributed by atoms with E-state index in [2.05, 4.69) is 52.1 Å². The molecular weight excluding hydrogens is 252 g/mol. The van der Waals surface area contributed by atoms with Crippen molar-refractivity contribution < 1.29 is 0 Å². The van der Waals surface area contributed by atoms with Gasteiger partial charge in [0, 0.05) is 11.6 Å². The van der Waals surface area contributed by atoms with Crippen LogP contribution in [0.25, 0.3) is 16.4 Å². The first kappa shape index (κ1) is 8.92. The summed E-state index contributed by atoms with van der Waals surface area (Å²) in [5, 5.41) is 2.43. The van der Waals surface area contributed by atoms with Gasteiger partial charge in [-0.2, -0.15) is 0 Å². The van der Waals surface area contributed by atoms with Gasteiger partial charge in [-0.1, -0.05) is 17.7 Å². The second kappa shape index (κ2) is 3.07. The Morgan fingerprint density at radius 1 is 1.27 bits per heavy atom. The van der Waals surface area contributed by atoms with Crippen LogP contribution >= 0.6 is 15.9 Å². The Hall–Kier alpha value is -1.35. The number of rotatable bonds is 0. The third-order valence-corrected chi connectivity index (χ3v) is 3.19. The van der Waals surface area contributed by atoms with Crippen LogP contribution in [0.3, 0.4) is 0 Å². The number of nitrogens with zero attached hydrogens (tertiary/aromatic N) is 2. The van der Waals surface area contributed by atoms with Crippen LogP contribution in [0.4, 0.5) is 0 Å². The van der Waals surface area contributed by atoms with Gasteiger partial charge in [-0.15, -0.1) is 0 Å². The van der Waals surface area contributed by atoms with Crippen LogP contribution in [0.15, 0.2) is 41.3 Å². The molecule has 0 radical (unpaired) electrons. The predicted octanol–water partition coefficient (Wildman–Crippen LogP) is 3.56. The molecule has 15 heavy (non-hydrogen) atoms. The number of halogens is 1. The Bertz CT molecular complexity index is 655. The van der Waals surface area contributed by atoms with Crippen molar-refractivity contribution in [1.82, 2.24) is 9.38 Å². The van der Waals surface area contributed by atoms with Gasteiger partial charge in [0.25, 0.3) is 0 Å². The van der Waals surface area contributed by atoms with E-state index in [1.54, 1.807) is 0 Å². The molecule has 0 bridgehead atoms. The highest BCUT2D eigenvalue weighted by Gasteiger charge is 2.04. The lowest BCUT2D eigenvalue weighted by atomic mass is 10.1. The molecule has 0 aliphatic heterocycles. The molecule has 0 spiro atoms. The highest BCUT2D eigenvalue weighted by Crippen LogP contribution is 2.23. The summed E-state index contributed by atoms with van der Waals surface area (Å²) in [7, 11) is 0. The summed E-state index contributed by atoms with van der Waals surface area (Å²) in [6, 6.07) is 8.53. The van der Waals surface area contributed by atoms with Crippen LogP contribution in [0.5, 0.6) is 0 Å². The smallest absolute Gasteiger partial charge is 0.145 e. The summed E-state index contributed by atoms with van der Waals surface area (Å²) >= 11 is 3.47. The van der Waals surface area contributed by atoms with Gasteiger partial charge < -0.3 is 0 Å². The summed E-state index contributed by atoms with van der Waals surface area (Å²) in [6.07, 6.45) is 3.86. The molecule has 3 heteroatoms. The number of benzene rings is 1. The molecule has 2 heterocycles. The minimum atomic E-state index is 0.987. The van der Waals surface area contributed by atoms with E-state index in [0.29, 0.717) is 0 Å². The largest absolute Gasteiger partial charge is 0.294 e. The fourth-order valence-corrected chi connectivity index (χ4v) is 2.23. The SMILES string of the molecule is Cc1ccc2ccn3c(Br)cnc3c2c1. The van der Waals surface area contributed by atoms with E-state index in [-0.39, 0.29) is 0 Å². The first-order valence-corrected chi connectivity index (χ1v) is 5.57. The molecule has 3 aromatic rings. The van der Waals surface area contributed by atoms with Crippen molar-refractivity contribution in [3.05, 3.63) is 46.8 Å². The van der Waals surface area contributed by atoms with Gasteiger partial charge in [0.15, 0.2) is 0 Å². The fraction of sp³-hybridized carbons (Fsp3) is 0.0833. The highest BCUT2D eigenvalue weighted by molar-refractivity contribution is 9.10. The highest BCUT2D eigenvalue weighted by atomic mass is 79.9. The minimum absolute atomic E-state index is 0.987. The predicted molar refractivity (Wildman–Crippen MR) is 65.1 cm³/mol. The molecule has 0 saturated heterocycles. The summed E-state index contributed by atoms with van der Waals surface area (Å²) < 4.78 is 3.03. The first-order valence-electron chi connectivity index (χ1n) is 4.77. The van der Waals surface area contributed by atoms with Gasteiger partial charge in [0.1, 0.15) is 10.3 Å². The van der Waals surface area contributed by atoms with Crippen molar-refractivity contribution >= 4 is 32.3 Å². The Balaban J connectivity index is 2.57. The quantitative estimate of drug-likeness (QED) is 0.604. The summed E-state index contributed by atoms with van der Waals surface area (Å²) in [5.74, 6) is 0. The first-order chi connectivity index (χ1) is 7.25. The van der Waals surface area contributed by atoms with E-state index in [4.69, 9.17) is 0 Å². The molecule has 0 aliphatic rings. The van der Waals surface area contributed by atoms with Crippen LogP contribution in [-0.4, -0.2) is 9.38 Å². The number of imidazole rings is 1. The lowest BCUT2D eigenvalue weighted by Crippen LogP contribution is -1.86. The zero-order valence-electron chi connectivity index (χ0n) is 8.24. The van der Waals surface area contributed by atoms with Gasteiger partial charge in [-0.25, -0.2) is 4.98 Å². The van der Waals surface area contributed by atoms with Gasteiger partial charge in [-0.3, -0.25) is 4.40 Å². The van der Waals surface area contributed by atoms with Crippen LogP contribution in [0.2, 0.25) is 0 Å². The number of aryl methyl sites for hydroxylation is 1. The second-order valence-electron chi connectivity index (χ2n) is 3.68. The fourth-order valence-electron chi connectivity index (χ4n) is 1.85. The van der Waals surface area contributed by atoms with E-state index in [1.807, 2.05) is 16.8 Å².